The van der Waals surface area contributed by atoms with Crippen LogP contribution in [0.1, 0.15) is 18.4 Å². The molecular formula is C12H17ClN4OS. The van der Waals surface area contributed by atoms with Crippen LogP contribution in [0.25, 0.3) is 0 Å². The summed E-state index contributed by atoms with van der Waals surface area (Å²) in [5.74, 6) is 0. The van der Waals surface area contributed by atoms with E-state index in [2.05, 4.69) is 20.7 Å². The van der Waals surface area contributed by atoms with Crippen molar-refractivity contribution in [1.82, 2.24) is 9.27 Å². The van der Waals surface area contributed by atoms with Crippen molar-refractivity contribution in [2.24, 2.45) is 0 Å². The van der Waals surface area contributed by atoms with E-state index >= 15 is 0 Å². The maximum Gasteiger partial charge on any atom is 0.162 e. The standard InChI is InChI=1S/C12H17ClN4OS/c13-11-10(9-14)12(19-16-11)15-3-1-2-4-17-5-7-18-8-6-17/h15H,1-8H2. The summed E-state index contributed by atoms with van der Waals surface area (Å²) in [6, 6.07) is 2.07. The molecule has 1 aliphatic rings. The van der Waals surface area contributed by atoms with Crippen LogP contribution in [-0.4, -0.2) is 48.7 Å². The molecular weight excluding hydrogens is 284 g/mol. The Labute approximate surface area is 122 Å². The highest BCUT2D eigenvalue weighted by atomic mass is 35.5. The minimum absolute atomic E-state index is 0.295. The van der Waals surface area contributed by atoms with Gasteiger partial charge in [-0.1, -0.05) is 11.6 Å². The summed E-state index contributed by atoms with van der Waals surface area (Å²) >= 11 is 7.05. The van der Waals surface area contributed by atoms with E-state index < -0.39 is 0 Å². The summed E-state index contributed by atoms with van der Waals surface area (Å²) in [4.78, 5) is 2.42. The van der Waals surface area contributed by atoms with Gasteiger partial charge in [0.1, 0.15) is 16.6 Å². The normalized spacial score (nSPS) is 16.2. The van der Waals surface area contributed by atoms with Gasteiger partial charge in [0.15, 0.2) is 5.15 Å². The van der Waals surface area contributed by atoms with E-state index in [-0.39, 0.29) is 0 Å². The van der Waals surface area contributed by atoms with E-state index in [0.717, 1.165) is 57.2 Å². The van der Waals surface area contributed by atoms with E-state index in [9.17, 15) is 0 Å². The number of rotatable bonds is 6. The Bertz CT molecular complexity index is 439. The molecule has 1 aromatic heterocycles. The predicted octanol–water partition coefficient (Wildman–Crippen LogP) is 2.19. The summed E-state index contributed by atoms with van der Waals surface area (Å²) in [6.07, 6.45) is 2.21. The highest BCUT2D eigenvalue weighted by molar-refractivity contribution is 7.10. The Morgan fingerprint density at radius 1 is 1.42 bits per heavy atom. The molecule has 0 atom stereocenters. The third-order valence-corrected chi connectivity index (χ3v) is 4.23. The highest BCUT2D eigenvalue weighted by Gasteiger charge is 2.11. The Balaban J connectivity index is 1.62. The summed E-state index contributed by atoms with van der Waals surface area (Å²) in [5.41, 5.74) is 0.458. The van der Waals surface area contributed by atoms with Crippen molar-refractivity contribution in [3.63, 3.8) is 0 Å². The molecule has 0 amide bonds. The van der Waals surface area contributed by atoms with Gasteiger partial charge in [0.2, 0.25) is 0 Å². The van der Waals surface area contributed by atoms with Gasteiger partial charge < -0.3 is 10.1 Å². The first-order valence-electron chi connectivity index (χ1n) is 6.40. The van der Waals surface area contributed by atoms with Crippen molar-refractivity contribution in [2.75, 3.05) is 44.7 Å². The number of halogens is 1. The van der Waals surface area contributed by atoms with Crippen molar-refractivity contribution >= 4 is 28.1 Å². The van der Waals surface area contributed by atoms with Gasteiger partial charge in [0, 0.05) is 19.6 Å². The first-order valence-corrected chi connectivity index (χ1v) is 7.55. The van der Waals surface area contributed by atoms with Crippen molar-refractivity contribution in [3.8, 4) is 6.07 Å². The van der Waals surface area contributed by atoms with Crippen molar-refractivity contribution in [3.05, 3.63) is 10.7 Å². The van der Waals surface area contributed by atoms with E-state index in [1.165, 1.54) is 11.5 Å². The van der Waals surface area contributed by atoms with Crippen LogP contribution in [0.15, 0.2) is 0 Å². The molecule has 0 aliphatic carbocycles. The summed E-state index contributed by atoms with van der Waals surface area (Å²) in [6.45, 7) is 5.73. The molecule has 0 bridgehead atoms. The van der Waals surface area contributed by atoms with Crippen LogP contribution < -0.4 is 5.32 Å². The fraction of sp³-hybridized carbons (Fsp3) is 0.667. The van der Waals surface area contributed by atoms with Gasteiger partial charge in [-0.05, 0) is 30.9 Å². The SMILES string of the molecule is N#Cc1c(Cl)nsc1NCCCCN1CCOCC1. The van der Waals surface area contributed by atoms with Gasteiger partial charge >= 0.3 is 0 Å². The van der Waals surface area contributed by atoms with Gasteiger partial charge in [0.05, 0.1) is 13.2 Å². The molecule has 1 aromatic rings. The number of nitriles is 1. The quantitative estimate of drug-likeness (QED) is 0.816. The third-order valence-electron chi connectivity index (χ3n) is 3.05. The molecule has 1 N–H and O–H groups in total. The second-order valence-electron chi connectivity index (χ2n) is 4.38. The molecule has 2 rings (SSSR count). The number of aromatic nitrogens is 1. The van der Waals surface area contributed by atoms with Crippen LogP contribution in [-0.2, 0) is 4.74 Å². The zero-order chi connectivity index (χ0) is 13.5. The minimum Gasteiger partial charge on any atom is -0.379 e. The molecule has 1 aliphatic heterocycles. The molecule has 0 spiro atoms. The molecule has 2 heterocycles. The first-order chi connectivity index (χ1) is 9.31. The lowest BCUT2D eigenvalue weighted by molar-refractivity contribution is 0.0373. The number of anilines is 1. The monoisotopic (exact) mass is 300 g/mol. The van der Waals surface area contributed by atoms with Crippen LogP contribution in [0.3, 0.4) is 0 Å². The first kappa shape index (κ1) is 14.5. The maximum atomic E-state index is 8.93. The number of hydrogen-bond acceptors (Lipinski definition) is 6. The predicted molar refractivity (Wildman–Crippen MR) is 76.8 cm³/mol. The van der Waals surface area contributed by atoms with Crippen LogP contribution >= 0.6 is 23.1 Å². The zero-order valence-corrected chi connectivity index (χ0v) is 12.3. The molecule has 0 aromatic carbocycles. The molecule has 19 heavy (non-hydrogen) atoms. The summed E-state index contributed by atoms with van der Waals surface area (Å²) in [5, 5.41) is 13.2. The third kappa shape index (κ3) is 4.32. The number of nitrogens with zero attached hydrogens (tertiary/aromatic N) is 3. The number of morpholine rings is 1. The van der Waals surface area contributed by atoms with Crippen molar-refractivity contribution in [1.29, 1.82) is 5.26 Å². The van der Waals surface area contributed by atoms with Crippen molar-refractivity contribution < 1.29 is 4.74 Å². The van der Waals surface area contributed by atoms with Gasteiger partial charge in [-0.2, -0.15) is 9.64 Å². The largest absolute Gasteiger partial charge is 0.379 e. The smallest absolute Gasteiger partial charge is 0.162 e. The average molecular weight is 301 g/mol. The molecule has 0 saturated carbocycles. The molecule has 0 unspecified atom stereocenters. The molecule has 104 valence electrons. The lowest BCUT2D eigenvalue weighted by Gasteiger charge is -2.26. The topological polar surface area (TPSA) is 61.2 Å². The number of hydrogen-bond donors (Lipinski definition) is 1. The van der Waals surface area contributed by atoms with E-state index in [1.54, 1.807) is 0 Å². The second kappa shape index (κ2) is 7.65. The lowest BCUT2D eigenvalue weighted by atomic mass is 10.2. The highest BCUT2D eigenvalue weighted by Crippen LogP contribution is 2.27. The van der Waals surface area contributed by atoms with E-state index in [4.69, 9.17) is 21.6 Å². The molecule has 7 heteroatoms. The molecule has 1 saturated heterocycles. The van der Waals surface area contributed by atoms with Crippen LogP contribution in [0.4, 0.5) is 5.00 Å². The minimum atomic E-state index is 0.295. The number of nitrogens with one attached hydrogen (secondary N) is 1. The van der Waals surface area contributed by atoms with Crippen LogP contribution in [0, 0.1) is 11.3 Å². The Morgan fingerprint density at radius 2 is 2.21 bits per heavy atom. The molecule has 0 radical (unpaired) electrons. The molecule has 1 fully saturated rings. The Morgan fingerprint density at radius 3 is 2.95 bits per heavy atom. The fourth-order valence-corrected chi connectivity index (χ4v) is 2.93. The van der Waals surface area contributed by atoms with Gasteiger partial charge in [-0.3, -0.25) is 4.90 Å². The molecule has 5 nitrogen and oxygen atoms in total. The number of unbranched alkanes of at least 4 members (excludes halogenated alkanes) is 1. The Kier molecular flexibility index (Phi) is 5.86. The van der Waals surface area contributed by atoms with Gasteiger partial charge in [0.25, 0.3) is 0 Å². The summed E-state index contributed by atoms with van der Waals surface area (Å²) < 4.78 is 9.27. The van der Waals surface area contributed by atoms with Crippen LogP contribution in [0.5, 0.6) is 0 Å². The van der Waals surface area contributed by atoms with Gasteiger partial charge in [-0.25, -0.2) is 0 Å². The maximum absolute atomic E-state index is 8.93. The Hall–Kier alpha value is -0.870. The van der Waals surface area contributed by atoms with Crippen molar-refractivity contribution in [2.45, 2.75) is 12.8 Å². The zero-order valence-electron chi connectivity index (χ0n) is 10.7. The summed E-state index contributed by atoms with van der Waals surface area (Å²) in [7, 11) is 0. The average Bonchev–Trinajstić information content (AvgIpc) is 2.80. The number of ether oxygens (including phenoxy) is 1. The van der Waals surface area contributed by atoms with Crippen LogP contribution in [0.2, 0.25) is 5.15 Å². The van der Waals surface area contributed by atoms with E-state index in [1.807, 2.05) is 0 Å². The second-order valence-corrected chi connectivity index (χ2v) is 5.51. The fourth-order valence-electron chi connectivity index (χ4n) is 1.98. The lowest BCUT2D eigenvalue weighted by Crippen LogP contribution is -2.36. The van der Waals surface area contributed by atoms with E-state index in [0.29, 0.717) is 10.7 Å². The van der Waals surface area contributed by atoms with Gasteiger partial charge in [-0.15, -0.1) is 0 Å².